The summed E-state index contributed by atoms with van der Waals surface area (Å²) in [6.45, 7) is 8.32. The smallest absolute Gasteiger partial charge is 0.744 e. The van der Waals surface area contributed by atoms with Crippen LogP contribution in [0.25, 0.3) is 21.5 Å². The van der Waals surface area contributed by atoms with Crippen LogP contribution in [0.3, 0.4) is 0 Å². The topological polar surface area (TPSA) is 114 Å². The third-order valence-electron chi connectivity index (χ3n) is 8.10. The quantitative estimate of drug-likeness (QED) is 0.0976. The van der Waals surface area contributed by atoms with Crippen LogP contribution in [0, 0.1) is 0 Å². The van der Waals surface area contributed by atoms with Gasteiger partial charge in [0, 0.05) is 0 Å². The summed E-state index contributed by atoms with van der Waals surface area (Å²) in [6.07, 6.45) is 10.6. The number of unbranched alkanes of at least 4 members (excludes halogenated alkanes) is 4. The van der Waals surface area contributed by atoms with Gasteiger partial charge in [-0.25, -0.2) is 16.8 Å². The van der Waals surface area contributed by atoms with E-state index >= 15 is 0 Å². The molecule has 0 fully saturated rings. The van der Waals surface area contributed by atoms with Crippen molar-refractivity contribution in [3.63, 3.8) is 0 Å². The molecule has 6 nitrogen and oxygen atoms in total. The van der Waals surface area contributed by atoms with E-state index < -0.39 is 20.2 Å². The summed E-state index contributed by atoms with van der Waals surface area (Å²) in [5, 5.41) is 3.99. The Balaban J connectivity index is 0.000000307. The Bertz CT molecular complexity index is 1630. The third-order valence-corrected chi connectivity index (χ3v) is 9.91. The van der Waals surface area contributed by atoms with Crippen molar-refractivity contribution in [1.82, 2.24) is 0 Å². The molecule has 0 aliphatic rings. The Morgan fingerprint density at radius 3 is 1.07 bits per heavy atom. The van der Waals surface area contributed by atoms with Crippen LogP contribution < -0.4 is 0 Å². The number of hydrogen-bond acceptors (Lipinski definition) is 6. The molecule has 4 aromatic carbocycles. The number of hydrogen-bond donors (Lipinski definition) is 0. The number of benzene rings is 4. The van der Waals surface area contributed by atoms with E-state index in [-0.39, 0.29) is 47.5 Å². The predicted molar refractivity (Wildman–Crippen MR) is 184 cm³/mol. The fourth-order valence-corrected chi connectivity index (χ4v) is 7.38. The molecule has 4 aromatic rings. The van der Waals surface area contributed by atoms with Crippen LogP contribution in [0.15, 0.2) is 70.5 Å². The zero-order chi connectivity index (χ0) is 32.3. The molecular formula is C36H46CaO6S2. The van der Waals surface area contributed by atoms with E-state index in [4.69, 9.17) is 0 Å². The number of fused-ring (bicyclic) bond motifs is 2. The van der Waals surface area contributed by atoms with Crippen molar-refractivity contribution in [2.75, 3.05) is 0 Å². The maximum Gasteiger partial charge on any atom is 2.00 e. The van der Waals surface area contributed by atoms with Crippen LogP contribution in [0.2, 0.25) is 0 Å². The Morgan fingerprint density at radius 1 is 0.489 bits per heavy atom. The average molecular weight is 679 g/mol. The fraction of sp³-hybridized carbons (Fsp3) is 0.444. The van der Waals surface area contributed by atoms with Crippen LogP contribution in [-0.4, -0.2) is 63.7 Å². The van der Waals surface area contributed by atoms with Crippen LogP contribution in [0.5, 0.6) is 0 Å². The van der Waals surface area contributed by atoms with Gasteiger partial charge in [0.05, 0.1) is 9.79 Å². The summed E-state index contributed by atoms with van der Waals surface area (Å²) >= 11 is 0. The van der Waals surface area contributed by atoms with E-state index in [2.05, 4.69) is 27.7 Å². The Kier molecular flexibility index (Phi) is 16.5. The molecule has 0 unspecified atom stereocenters. The molecule has 0 saturated carbocycles. The fourth-order valence-electron chi connectivity index (χ4n) is 5.78. The summed E-state index contributed by atoms with van der Waals surface area (Å²) in [6, 6.07) is 18.9. The van der Waals surface area contributed by atoms with Crippen molar-refractivity contribution >= 4 is 79.5 Å². The number of rotatable bonds is 14. The monoisotopic (exact) mass is 678 g/mol. The van der Waals surface area contributed by atoms with Crippen LogP contribution in [0.1, 0.15) is 101 Å². The van der Waals surface area contributed by atoms with E-state index in [9.17, 15) is 25.9 Å². The molecule has 0 aliphatic heterocycles. The molecule has 240 valence electrons. The van der Waals surface area contributed by atoms with Crippen LogP contribution >= 0.6 is 0 Å². The van der Waals surface area contributed by atoms with Gasteiger partial charge >= 0.3 is 37.7 Å². The van der Waals surface area contributed by atoms with Gasteiger partial charge in [-0.15, -0.1) is 0 Å². The minimum absolute atomic E-state index is 0. The molecule has 0 spiro atoms. The zero-order valence-electron chi connectivity index (χ0n) is 27.2. The van der Waals surface area contributed by atoms with Gasteiger partial charge in [0.1, 0.15) is 20.2 Å². The van der Waals surface area contributed by atoms with Crippen molar-refractivity contribution in [2.45, 2.75) is 115 Å². The summed E-state index contributed by atoms with van der Waals surface area (Å²) in [5.74, 6) is 0. The largest absolute Gasteiger partial charge is 2.00 e. The van der Waals surface area contributed by atoms with Gasteiger partial charge in [0.25, 0.3) is 0 Å². The van der Waals surface area contributed by atoms with E-state index in [1.165, 1.54) is 0 Å². The normalized spacial score (nSPS) is 11.7. The van der Waals surface area contributed by atoms with Crippen molar-refractivity contribution in [3.8, 4) is 0 Å². The van der Waals surface area contributed by atoms with Gasteiger partial charge in [-0.3, -0.25) is 0 Å². The first kappa shape index (κ1) is 39.7. The van der Waals surface area contributed by atoms with E-state index in [0.717, 1.165) is 96.9 Å². The first-order valence-corrected chi connectivity index (χ1v) is 18.8. The molecular weight excluding hydrogens is 633 g/mol. The maximum absolute atomic E-state index is 11.7. The van der Waals surface area contributed by atoms with Gasteiger partial charge in [0.2, 0.25) is 0 Å². The van der Waals surface area contributed by atoms with Crippen molar-refractivity contribution in [1.29, 1.82) is 0 Å². The van der Waals surface area contributed by atoms with Gasteiger partial charge < -0.3 is 9.11 Å². The second kappa shape index (κ2) is 18.7. The first-order chi connectivity index (χ1) is 21.0. The Labute approximate surface area is 300 Å². The number of aryl methyl sites for hydroxylation is 4. The van der Waals surface area contributed by atoms with E-state index in [0.29, 0.717) is 24.0 Å². The van der Waals surface area contributed by atoms with Gasteiger partial charge in [-0.05, 0) is 107 Å². The molecule has 0 aliphatic carbocycles. The molecule has 0 radical (unpaired) electrons. The Morgan fingerprint density at radius 2 is 0.778 bits per heavy atom. The maximum atomic E-state index is 11.7. The second-order valence-corrected chi connectivity index (χ2v) is 14.1. The summed E-state index contributed by atoms with van der Waals surface area (Å²) in [7, 11) is -8.91. The van der Waals surface area contributed by atoms with E-state index in [1.807, 2.05) is 48.5 Å². The molecule has 0 bridgehead atoms. The van der Waals surface area contributed by atoms with Crippen LogP contribution in [-0.2, 0) is 45.9 Å². The molecule has 4 rings (SSSR count). The van der Waals surface area contributed by atoms with Crippen LogP contribution in [0.4, 0.5) is 0 Å². The summed E-state index contributed by atoms with van der Waals surface area (Å²) < 4.78 is 70.4. The molecule has 0 saturated heterocycles. The van der Waals surface area contributed by atoms with Crippen molar-refractivity contribution < 1.29 is 25.9 Å². The van der Waals surface area contributed by atoms with Crippen molar-refractivity contribution in [2.24, 2.45) is 0 Å². The average Bonchev–Trinajstić information content (AvgIpc) is 3.00. The van der Waals surface area contributed by atoms with Gasteiger partial charge in [0.15, 0.2) is 0 Å². The van der Waals surface area contributed by atoms with E-state index in [1.54, 1.807) is 12.1 Å². The zero-order valence-corrected chi connectivity index (χ0v) is 31.1. The molecule has 45 heavy (non-hydrogen) atoms. The minimum Gasteiger partial charge on any atom is -0.744 e. The van der Waals surface area contributed by atoms with Gasteiger partial charge in [-0.1, -0.05) is 102 Å². The first-order valence-electron chi connectivity index (χ1n) is 16.0. The Hall–Kier alpha value is -1.52. The summed E-state index contributed by atoms with van der Waals surface area (Å²) in [4.78, 5) is -0.0449. The molecule has 9 heteroatoms. The third kappa shape index (κ3) is 10.7. The van der Waals surface area contributed by atoms with Gasteiger partial charge in [-0.2, -0.15) is 0 Å². The minimum atomic E-state index is -4.45. The summed E-state index contributed by atoms with van der Waals surface area (Å²) in [5.41, 5.74) is 3.31. The second-order valence-electron chi connectivity index (χ2n) is 11.4. The molecule has 0 atom stereocenters. The predicted octanol–water partition coefficient (Wildman–Crippen LogP) is 8.48. The SMILES string of the molecule is CCCCc1cc(S(=O)(=O)[O-])c(CCCC)c2ccccc12.CCCCc1cc(S(=O)(=O)[O-])c(CCCC)c2ccccc12.[Ca+2]. The standard InChI is InChI=1S/2C18H24O3S.Ca/c2*1-3-5-9-14-13-18(22(19,20)21)17(10-6-4-2)16-12-8-7-11-15(14)16;/h2*7-8,11-13H,3-6,9-10H2,1-2H3,(H,19,20,21);/q;;+2/p-2. The van der Waals surface area contributed by atoms with Crippen molar-refractivity contribution in [3.05, 3.63) is 82.9 Å². The molecule has 0 amide bonds. The molecule has 0 N–H and O–H groups in total. The molecule has 0 aromatic heterocycles. The molecule has 0 heterocycles.